The molecule has 0 radical (unpaired) electrons. The van der Waals surface area contributed by atoms with Crippen LogP contribution < -0.4 is 15.5 Å². The summed E-state index contributed by atoms with van der Waals surface area (Å²) in [6.45, 7) is 0.733. The van der Waals surface area contributed by atoms with E-state index in [0.717, 1.165) is 24.1 Å². The number of amides is 2. The first-order valence-electron chi connectivity index (χ1n) is 9.23. The van der Waals surface area contributed by atoms with Crippen molar-refractivity contribution in [3.63, 3.8) is 0 Å². The van der Waals surface area contributed by atoms with Gasteiger partial charge in [-0.1, -0.05) is 12.1 Å². The number of hydrogen-bond acceptors (Lipinski definition) is 5. The fraction of sp³-hybridized carbons (Fsp3) is 0.300. The molecule has 0 saturated heterocycles. The van der Waals surface area contributed by atoms with Crippen LogP contribution in [0.1, 0.15) is 28.8 Å². The average molecular weight is 380 g/mol. The van der Waals surface area contributed by atoms with Gasteiger partial charge in [0.05, 0.1) is 22.7 Å². The highest BCUT2D eigenvalue weighted by Crippen LogP contribution is 2.31. The molecule has 0 bridgehead atoms. The smallest absolute Gasteiger partial charge is 0.269 e. The predicted molar refractivity (Wildman–Crippen MR) is 105 cm³/mol. The Morgan fingerprint density at radius 2 is 1.96 bits per heavy atom. The molecular formula is C20H20N4O4. The minimum Gasteiger partial charge on any atom is -0.362 e. The monoisotopic (exact) mass is 380 g/mol. The largest absolute Gasteiger partial charge is 0.362 e. The lowest BCUT2D eigenvalue weighted by Crippen LogP contribution is -2.33. The van der Waals surface area contributed by atoms with Crippen LogP contribution in [-0.2, 0) is 11.2 Å². The molecule has 144 valence electrons. The first-order chi connectivity index (χ1) is 13.5. The van der Waals surface area contributed by atoms with Crippen molar-refractivity contribution in [3.05, 3.63) is 63.7 Å². The first kappa shape index (κ1) is 18.0. The second-order valence-corrected chi connectivity index (χ2v) is 7.08. The van der Waals surface area contributed by atoms with Gasteiger partial charge in [-0.05, 0) is 43.0 Å². The van der Waals surface area contributed by atoms with Gasteiger partial charge in [0.15, 0.2) is 0 Å². The molecule has 8 nitrogen and oxygen atoms in total. The molecule has 0 atom stereocenters. The van der Waals surface area contributed by atoms with Crippen LogP contribution in [0.5, 0.6) is 0 Å². The van der Waals surface area contributed by atoms with E-state index in [0.29, 0.717) is 24.2 Å². The Hall–Kier alpha value is -3.42. The van der Waals surface area contributed by atoms with Crippen LogP contribution in [0.15, 0.2) is 42.5 Å². The van der Waals surface area contributed by atoms with Crippen LogP contribution in [-0.4, -0.2) is 35.9 Å². The van der Waals surface area contributed by atoms with Gasteiger partial charge in [-0.15, -0.1) is 0 Å². The summed E-state index contributed by atoms with van der Waals surface area (Å²) in [6.07, 6.45) is 2.64. The lowest BCUT2D eigenvalue weighted by atomic mass is 10.1. The van der Waals surface area contributed by atoms with E-state index in [-0.39, 0.29) is 30.1 Å². The van der Waals surface area contributed by atoms with Crippen LogP contribution >= 0.6 is 0 Å². The fourth-order valence-corrected chi connectivity index (χ4v) is 3.38. The summed E-state index contributed by atoms with van der Waals surface area (Å²) in [4.78, 5) is 37.3. The molecule has 0 unspecified atom stereocenters. The fourth-order valence-electron chi connectivity index (χ4n) is 3.38. The average Bonchev–Trinajstić information content (AvgIpc) is 3.40. The van der Waals surface area contributed by atoms with Crippen LogP contribution in [0.25, 0.3) is 0 Å². The third-order valence-corrected chi connectivity index (χ3v) is 4.96. The number of nitrogens with zero attached hydrogens (tertiary/aromatic N) is 2. The van der Waals surface area contributed by atoms with Crippen molar-refractivity contribution in [1.29, 1.82) is 0 Å². The van der Waals surface area contributed by atoms with Crippen LogP contribution in [0.3, 0.4) is 0 Å². The summed E-state index contributed by atoms with van der Waals surface area (Å²) in [6, 6.07) is 11.9. The molecule has 1 aliphatic carbocycles. The number of nitro groups is 1. The number of carbonyl (C=O) groups is 2. The van der Waals surface area contributed by atoms with E-state index in [1.807, 2.05) is 4.90 Å². The standard InChI is InChI=1S/C20H20N4O4/c25-19(12-23-10-9-13-11-15(24(27)28)7-8-18(13)23)22-17-4-2-1-3-16(17)20(26)21-14-5-6-14/h1-4,7-8,11,14H,5-6,9-10,12H2,(H,21,26)(H,22,25). The third-order valence-electron chi connectivity index (χ3n) is 4.96. The highest BCUT2D eigenvalue weighted by atomic mass is 16.6. The zero-order valence-electron chi connectivity index (χ0n) is 15.2. The summed E-state index contributed by atoms with van der Waals surface area (Å²) in [5.41, 5.74) is 2.68. The zero-order chi connectivity index (χ0) is 19.7. The van der Waals surface area contributed by atoms with E-state index in [2.05, 4.69) is 10.6 Å². The van der Waals surface area contributed by atoms with Crippen LogP contribution in [0, 0.1) is 10.1 Å². The van der Waals surface area contributed by atoms with E-state index >= 15 is 0 Å². The van der Waals surface area contributed by atoms with Crippen molar-refractivity contribution < 1.29 is 14.5 Å². The molecule has 28 heavy (non-hydrogen) atoms. The minimum absolute atomic E-state index is 0.0562. The van der Waals surface area contributed by atoms with Crippen molar-refractivity contribution in [3.8, 4) is 0 Å². The summed E-state index contributed by atoms with van der Waals surface area (Å²) in [7, 11) is 0. The molecule has 1 saturated carbocycles. The Kier molecular flexibility index (Phi) is 4.68. The maximum absolute atomic E-state index is 12.6. The van der Waals surface area contributed by atoms with Gasteiger partial charge in [0.2, 0.25) is 5.91 Å². The summed E-state index contributed by atoms with van der Waals surface area (Å²) in [5.74, 6) is -0.421. The van der Waals surface area contributed by atoms with Crippen molar-refractivity contribution in [2.24, 2.45) is 0 Å². The van der Waals surface area contributed by atoms with E-state index in [1.54, 1.807) is 36.4 Å². The van der Waals surface area contributed by atoms with Crippen molar-refractivity contribution in [2.75, 3.05) is 23.3 Å². The molecule has 0 aromatic heterocycles. The molecule has 1 heterocycles. The molecule has 1 aliphatic heterocycles. The number of anilines is 2. The Balaban J connectivity index is 1.44. The van der Waals surface area contributed by atoms with Crippen molar-refractivity contribution in [1.82, 2.24) is 5.32 Å². The number of nitro benzene ring substituents is 1. The number of benzene rings is 2. The Labute approximate surface area is 161 Å². The molecular weight excluding hydrogens is 360 g/mol. The van der Waals surface area contributed by atoms with E-state index in [9.17, 15) is 19.7 Å². The first-order valence-corrected chi connectivity index (χ1v) is 9.23. The van der Waals surface area contributed by atoms with Gasteiger partial charge >= 0.3 is 0 Å². The van der Waals surface area contributed by atoms with Crippen LogP contribution in [0.2, 0.25) is 0 Å². The quantitative estimate of drug-likeness (QED) is 0.592. The molecule has 2 aromatic rings. The Morgan fingerprint density at radius 1 is 1.18 bits per heavy atom. The number of carbonyl (C=O) groups excluding carboxylic acids is 2. The number of hydrogen-bond donors (Lipinski definition) is 2. The lowest BCUT2D eigenvalue weighted by Gasteiger charge is -2.19. The molecule has 2 amide bonds. The second-order valence-electron chi connectivity index (χ2n) is 7.08. The number of rotatable bonds is 6. The van der Waals surface area contributed by atoms with E-state index < -0.39 is 4.92 Å². The molecule has 8 heteroatoms. The highest BCUT2D eigenvalue weighted by molar-refractivity contribution is 6.04. The van der Waals surface area contributed by atoms with Gasteiger partial charge in [0.1, 0.15) is 0 Å². The molecule has 0 spiro atoms. The normalized spacial score (nSPS) is 15.1. The van der Waals surface area contributed by atoms with Gasteiger partial charge in [-0.3, -0.25) is 19.7 Å². The van der Waals surface area contributed by atoms with Gasteiger partial charge in [-0.25, -0.2) is 0 Å². The summed E-state index contributed by atoms with van der Waals surface area (Å²) in [5, 5.41) is 16.7. The Bertz CT molecular complexity index is 955. The van der Waals surface area contributed by atoms with Gasteiger partial charge in [0, 0.05) is 30.4 Å². The SMILES string of the molecule is O=C(CN1CCc2cc([N+](=O)[O-])ccc21)Nc1ccccc1C(=O)NC1CC1. The summed E-state index contributed by atoms with van der Waals surface area (Å²) < 4.78 is 0. The topological polar surface area (TPSA) is 105 Å². The Morgan fingerprint density at radius 3 is 2.71 bits per heavy atom. The third kappa shape index (κ3) is 3.80. The maximum Gasteiger partial charge on any atom is 0.269 e. The molecule has 2 aromatic carbocycles. The molecule has 2 aliphatic rings. The molecule has 4 rings (SSSR count). The zero-order valence-corrected chi connectivity index (χ0v) is 15.2. The van der Waals surface area contributed by atoms with Gasteiger partial charge in [0.25, 0.3) is 11.6 Å². The minimum atomic E-state index is -0.417. The lowest BCUT2D eigenvalue weighted by molar-refractivity contribution is -0.384. The van der Waals surface area contributed by atoms with E-state index in [1.165, 1.54) is 6.07 Å². The number of nitrogens with one attached hydrogen (secondary N) is 2. The summed E-state index contributed by atoms with van der Waals surface area (Å²) >= 11 is 0. The predicted octanol–water partition coefficient (Wildman–Crippen LogP) is 2.49. The number of fused-ring (bicyclic) bond motifs is 1. The van der Waals surface area contributed by atoms with Gasteiger partial charge < -0.3 is 15.5 Å². The number of non-ortho nitro benzene ring substituents is 1. The molecule has 2 N–H and O–H groups in total. The second kappa shape index (κ2) is 7.30. The van der Waals surface area contributed by atoms with Crippen molar-refractivity contribution >= 4 is 28.9 Å². The number of para-hydroxylation sites is 1. The molecule has 1 fully saturated rings. The highest BCUT2D eigenvalue weighted by Gasteiger charge is 2.26. The maximum atomic E-state index is 12.6. The van der Waals surface area contributed by atoms with E-state index in [4.69, 9.17) is 0 Å². The van der Waals surface area contributed by atoms with Gasteiger partial charge in [-0.2, -0.15) is 0 Å². The van der Waals surface area contributed by atoms with Crippen LogP contribution in [0.4, 0.5) is 17.1 Å². The van der Waals surface area contributed by atoms with Crippen molar-refractivity contribution in [2.45, 2.75) is 25.3 Å².